The number of alkyl halides is 3. The number of fused-ring (bicyclic) bond motifs is 1. The van der Waals surface area contributed by atoms with Gasteiger partial charge in [0.05, 0.1) is 11.8 Å². The molecule has 0 aromatic carbocycles. The molecule has 0 bridgehead atoms. The molecule has 11 heteroatoms. The van der Waals surface area contributed by atoms with Crippen LogP contribution in [0.15, 0.2) is 24.4 Å². The van der Waals surface area contributed by atoms with Gasteiger partial charge >= 0.3 is 18.2 Å². The van der Waals surface area contributed by atoms with Crippen LogP contribution in [0.25, 0.3) is 5.65 Å². The number of amides is 2. The molecule has 2 aromatic rings. The van der Waals surface area contributed by atoms with Gasteiger partial charge in [-0.25, -0.2) is 9.31 Å². The second kappa shape index (κ2) is 5.65. The second-order valence-corrected chi connectivity index (χ2v) is 5.37. The minimum Gasteiger partial charge on any atom is -0.481 e. The lowest BCUT2D eigenvalue weighted by atomic mass is 9.96. The van der Waals surface area contributed by atoms with E-state index in [4.69, 9.17) is 5.11 Å². The van der Waals surface area contributed by atoms with Crippen molar-refractivity contribution in [1.82, 2.24) is 19.5 Å². The quantitative estimate of drug-likeness (QED) is 0.860. The number of carboxylic acid groups (broad SMARTS) is 1. The van der Waals surface area contributed by atoms with Gasteiger partial charge in [0.1, 0.15) is 0 Å². The minimum atomic E-state index is -4.70. The highest BCUT2D eigenvalue weighted by Crippen LogP contribution is 2.37. The first-order chi connectivity index (χ1) is 11.3. The van der Waals surface area contributed by atoms with Crippen LogP contribution in [0.3, 0.4) is 0 Å². The Kier molecular flexibility index (Phi) is 3.78. The summed E-state index contributed by atoms with van der Waals surface area (Å²) in [6.07, 6.45) is -3.10. The smallest absolute Gasteiger partial charge is 0.394 e. The standard InChI is InChI=1S/C13H12F3N5O3/c14-13(15,16)8-6-20(5-7(8)10(22)23)12(24)18-11-17-9-3-1-2-4-21(9)19-11/h1-4,7-8H,5-6H2,(H,22,23)(H,18,19,24)/t7-,8-/m1/s1. The zero-order chi connectivity index (χ0) is 17.5. The highest BCUT2D eigenvalue weighted by molar-refractivity contribution is 5.88. The molecule has 0 spiro atoms. The molecular weight excluding hydrogens is 331 g/mol. The zero-order valence-corrected chi connectivity index (χ0v) is 12.1. The number of nitrogens with one attached hydrogen (secondary N) is 1. The van der Waals surface area contributed by atoms with E-state index in [1.54, 1.807) is 24.4 Å². The molecular formula is C13H12F3N5O3. The predicted octanol–water partition coefficient (Wildman–Crippen LogP) is 1.46. The van der Waals surface area contributed by atoms with E-state index in [0.717, 1.165) is 4.90 Å². The van der Waals surface area contributed by atoms with Gasteiger partial charge in [0, 0.05) is 19.3 Å². The summed E-state index contributed by atoms with van der Waals surface area (Å²) in [5.74, 6) is -5.45. The number of carboxylic acids is 1. The summed E-state index contributed by atoms with van der Waals surface area (Å²) in [7, 11) is 0. The fraction of sp³-hybridized carbons (Fsp3) is 0.385. The van der Waals surface area contributed by atoms with Crippen LogP contribution in [-0.4, -0.2) is 55.9 Å². The Bertz CT molecular complexity index is 757. The van der Waals surface area contributed by atoms with Gasteiger partial charge in [0.25, 0.3) is 5.95 Å². The molecule has 2 amide bonds. The van der Waals surface area contributed by atoms with Crippen LogP contribution >= 0.6 is 0 Å². The molecule has 0 aliphatic carbocycles. The SMILES string of the molecule is O=C(O)[C@@H]1CN(C(=O)Nc2nc3ccccn3n2)C[C@H]1C(F)(F)F. The van der Waals surface area contributed by atoms with Crippen molar-refractivity contribution in [2.75, 3.05) is 18.4 Å². The van der Waals surface area contributed by atoms with Crippen molar-refractivity contribution in [3.8, 4) is 0 Å². The van der Waals surface area contributed by atoms with Crippen LogP contribution in [-0.2, 0) is 4.79 Å². The third-order valence-corrected chi connectivity index (χ3v) is 3.80. The number of nitrogens with zero attached hydrogens (tertiary/aromatic N) is 4. The van der Waals surface area contributed by atoms with Crippen LogP contribution in [0, 0.1) is 11.8 Å². The summed E-state index contributed by atoms with van der Waals surface area (Å²) in [5, 5.41) is 15.2. The van der Waals surface area contributed by atoms with Crippen molar-refractivity contribution >= 4 is 23.6 Å². The summed E-state index contributed by atoms with van der Waals surface area (Å²) in [4.78, 5) is 27.9. The fourth-order valence-electron chi connectivity index (χ4n) is 2.61. The number of carbonyl (C=O) groups is 2. The maximum Gasteiger partial charge on any atom is 0.394 e. The lowest BCUT2D eigenvalue weighted by Crippen LogP contribution is -2.35. The Morgan fingerprint density at radius 3 is 2.62 bits per heavy atom. The monoisotopic (exact) mass is 343 g/mol. The van der Waals surface area contributed by atoms with E-state index in [-0.39, 0.29) is 5.95 Å². The van der Waals surface area contributed by atoms with Crippen LogP contribution in [0.4, 0.5) is 23.9 Å². The average molecular weight is 343 g/mol. The van der Waals surface area contributed by atoms with E-state index in [2.05, 4.69) is 15.4 Å². The minimum absolute atomic E-state index is 0.0754. The van der Waals surface area contributed by atoms with Gasteiger partial charge in [-0.15, -0.1) is 5.10 Å². The molecule has 2 atom stereocenters. The molecule has 1 fully saturated rings. The van der Waals surface area contributed by atoms with Gasteiger partial charge in [0.15, 0.2) is 5.65 Å². The number of urea groups is 1. The Hall–Kier alpha value is -2.85. The topological polar surface area (TPSA) is 99.8 Å². The number of carbonyl (C=O) groups excluding carboxylic acids is 1. The van der Waals surface area contributed by atoms with Crippen molar-refractivity contribution in [2.24, 2.45) is 11.8 Å². The summed E-state index contributed by atoms with van der Waals surface area (Å²) >= 11 is 0. The first-order valence-electron chi connectivity index (χ1n) is 6.92. The maximum atomic E-state index is 12.9. The Morgan fingerprint density at radius 2 is 2.04 bits per heavy atom. The molecule has 3 rings (SSSR count). The average Bonchev–Trinajstić information content (AvgIpc) is 3.10. The summed E-state index contributed by atoms with van der Waals surface area (Å²) in [5.41, 5.74) is 0.450. The molecule has 8 nitrogen and oxygen atoms in total. The first-order valence-corrected chi connectivity index (χ1v) is 6.92. The Morgan fingerprint density at radius 1 is 1.29 bits per heavy atom. The molecule has 0 saturated carbocycles. The van der Waals surface area contributed by atoms with Gasteiger partial charge in [0.2, 0.25) is 0 Å². The molecule has 3 heterocycles. The number of pyridine rings is 1. The van der Waals surface area contributed by atoms with Gasteiger partial charge in [-0.2, -0.15) is 18.2 Å². The van der Waals surface area contributed by atoms with E-state index in [1.807, 2.05) is 0 Å². The molecule has 1 saturated heterocycles. The normalized spacial score (nSPS) is 21.2. The van der Waals surface area contributed by atoms with Gasteiger partial charge in [-0.1, -0.05) is 6.07 Å². The van der Waals surface area contributed by atoms with Crippen molar-refractivity contribution in [3.63, 3.8) is 0 Å². The number of halogens is 3. The zero-order valence-electron chi connectivity index (χ0n) is 12.1. The molecule has 0 radical (unpaired) electrons. The third kappa shape index (κ3) is 2.96. The van der Waals surface area contributed by atoms with Crippen LogP contribution in [0.1, 0.15) is 0 Å². The first kappa shape index (κ1) is 16.0. The molecule has 0 unspecified atom stereocenters. The van der Waals surface area contributed by atoms with E-state index >= 15 is 0 Å². The number of aliphatic carboxylic acids is 1. The van der Waals surface area contributed by atoms with E-state index in [0.29, 0.717) is 5.65 Å². The van der Waals surface area contributed by atoms with Crippen molar-refractivity contribution in [1.29, 1.82) is 0 Å². The van der Waals surface area contributed by atoms with Crippen molar-refractivity contribution in [2.45, 2.75) is 6.18 Å². The second-order valence-electron chi connectivity index (χ2n) is 5.37. The highest BCUT2D eigenvalue weighted by Gasteiger charge is 2.53. The molecule has 1 aliphatic heterocycles. The van der Waals surface area contributed by atoms with Crippen LogP contribution < -0.4 is 5.32 Å². The molecule has 2 aromatic heterocycles. The number of likely N-dealkylation sites (tertiary alicyclic amines) is 1. The number of hydrogen-bond donors (Lipinski definition) is 2. The highest BCUT2D eigenvalue weighted by atomic mass is 19.4. The summed E-state index contributed by atoms with van der Waals surface area (Å²) < 4.78 is 40.2. The number of anilines is 1. The van der Waals surface area contributed by atoms with Crippen LogP contribution in [0.2, 0.25) is 0 Å². The molecule has 2 N–H and O–H groups in total. The predicted molar refractivity (Wildman–Crippen MR) is 74.2 cm³/mol. The third-order valence-electron chi connectivity index (χ3n) is 3.80. The summed E-state index contributed by atoms with van der Waals surface area (Å²) in [6.45, 7) is -1.25. The largest absolute Gasteiger partial charge is 0.481 e. The fourth-order valence-corrected chi connectivity index (χ4v) is 2.61. The Balaban J connectivity index is 1.74. The van der Waals surface area contributed by atoms with E-state index in [1.165, 1.54) is 4.52 Å². The van der Waals surface area contributed by atoms with Crippen LogP contribution in [0.5, 0.6) is 0 Å². The summed E-state index contributed by atoms with van der Waals surface area (Å²) in [6, 6.07) is 4.17. The van der Waals surface area contributed by atoms with Gasteiger partial charge < -0.3 is 10.0 Å². The maximum absolute atomic E-state index is 12.9. The van der Waals surface area contributed by atoms with E-state index in [9.17, 15) is 22.8 Å². The lowest BCUT2D eigenvalue weighted by molar-refractivity contribution is -0.187. The number of hydrogen-bond acceptors (Lipinski definition) is 4. The molecule has 128 valence electrons. The lowest BCUT2D eigenvalue weighted by Gasteiger charge is -2.18. The van der Waals surface area contributed by atoms with Crippen molar-refractivity contribution in [3.05, 3.63) is 24.4 Å². The van der Waals surface area contributed by atoms with E-state index < -0.39 is 43.1 Å². The van der Waals surface area contributed by atoms with Gasteiger partial charge in [-0.3, -0.25) is 10.1 Å². The number of rotatable bonds is 2. The molecule has 1 aliphatic rings. The van der Waals surface area contributed by atoms with Gasteiger partial charge in [-0.05, 0) is 12.1 Å². The number of aromatic nitrogens is 3. The molecule has 24 heavy (non-hydrogen) atoms. The van der Waals surface area contributed by atoms with Crippen molar-refractivity contribution < 1.29 is 27.9 Å². The Labute approximate surface area is 132 Å².